The first-order chi connectivity index (χ1) is 14.0. The van der Waals surface area contributed by atoms with Crippen LogP contribution in [0.5, 0.6) is 17.2 Å². The van der Waals surface area contributed by atoms with Crippen LogP contribution in [0.25, 0.3) is 0 Å². The second-order valence-electron chi connectivity index (χ2n) is 9.22. The molecule has 0 spiro atoms. The van der Waals surface area contributed by atoms with Crippen molar-refractivity contribution in [2.75, 3.05) is 13.7 Å². The van der Waals surface area contributed by atoms with Gasteiger partial charge in [0.2, 0.25) is 0 Å². The molecule has 0 fully saturated rings. The molecule has 1 aliphatic carbocycles. The van der Waals surface area contributed by atoms with Gasteiger partial charge in [-0.1, -0.05) is 27.7 Å². The van der Waals surface area contributed by atoms with Crippen LogP contribution in [0.2, 0.25) is 0 Å². The topological polar surface area (TPSA) is 96.2 Å². The fraction of sp³-hybridized carbons (Fsp3) is 0.458. The van der Waals surface area contributed by atoms with Gasteiger partial charge in [0.15, 0.2) is 0 Å². The summed E-state index contributed by atoms with van der Waals surface area (Å²) < 4.78 is 11.2. The first kappa shape index (κ1) is 22.0. The van der Waals surface area contributed by atoms with Gasteiger partial charge < -0.3 is 24.8 Å². The van der Waals surface area contributed by atoms with Crippen molar-refractivity contribution < 1.29 is 29.6 Å². The first-order valence-corrected chi connectivity index (χ1v) is 10.1. The summed E-state index contributed by atoms with van der Waals surface area (Å²) in [5.41, 5.74) is 2.91. The average molecular weight is 414 g/mol. The number of aromatic hydroxyl groups is 1. The Bertz CT molecular complexity index is 960. The molecule has 6 nitrogen and oxygen atoms in total. The van der Waals surface area contributed by atoms with Gasteiger partial charge in [0.25, 0.3) is 0 Å². The summed E-state index contributed by atoms with van der Waals surface area (Å²) in [4.78, 5) is 11.0. The number of aliphatic hydroxyl groups is 1. The van der Waals surface area contributed by atoms with Crippen LogP contribution in [0.3, 0.4) is 0 Å². The number of methoxy groups -OCH3 is 1. The van der Waals surface area contributed by atoms with E-state index in [1.165, 1.54) is 29.3 Å². The van der Waals surface area contributed by atoms with E-state index < -0.39 is 12.1 Å². The van der Waals surface area contributed by atoms with Crippen molar-refractivity contribution in [1.82, 2.24) is 0 Å². The third kappa shape index (κ3) is 4.10. The zero-order valence-corrected chi connectivity index (χ0v) is 18.2. The molecule has 0 saturated heterocycles. The molecular formula is C24H30O6. The Morgan fingerprint density at radius 3 is 2.20 bits per heavy atom. The number of ether oxygens (including phenoxy) is 2. The maximum atomic E-state index is 11.0. The van der Waals surface area contributed by atoms with E-state index in [0.29, 0.717) is 11.3 Å². The van der Waals surface area contributed by atoms with Gasteiger partial charge in [0.05, 0.1) is 7.11 Å². The summed E-state index contributed by atoms with van der Waals surface area (Å²) in [5, 5.41) is 29.7. The van der Waals surface area contributed by atoms with Gasteiger partial charge in [0, 0.05) is 11.6 Å². The maximum absolute atomic E-state index is 11.0. The lowest BCUT2D eigenvalue weighted by atomic mass is 9.63. The van der Waals surface area contributed by atoms with Crippen LogP contribution in [-0.2, 0) is 10.8 Å². The number of phenols is 1. The predicted octanol–water partition coefficient (Wildman–Crippen LogP) is 4.56. The number of fused-ring (bicyclic) bond motifs is 1. The molecule has 2 aromatic rings. The Balaban J connectivity index is 1.88. The molecule has 0 amide bonds. The summed E-state index contributed by atoms with van der Waals surface area (Å²) >= 11 is 0. The highest BCUT2D eigenvalue weighted by atomic mass is 16.5. The quantitative estimate of drug-likeness (QED) is 0.641. The van der Waals surface area contributed by atoms with Crippen LogP contribution in [-0.4, -0.2) is 35.0 Å². The highest BCUT2D eigenvalue weighted by molar-refractivity contribution is 5.90. The van der Waals surface area contributed by atoms with Crippen molar-refractivity contribution in [3.05, 3.63) is 52.6 Å². The molecule has 0 heterocycles. The van der Waals surface area contributed by atoms with Gasteiger partial charge in [-0.3, -0.25) is 0 Å². The summed E-state index contributed by atoms with van der Waals surface area (Å²) in [6.45, 7) is 8.82. The minimum absolute atomic E-state index is 0.00902. The highest BCUT2D eigenvalue weighted by Gasteiger charge is 2.38. The van der Waals surface area contributed by atoms with E-state index in [1.54, 1.807) is 7.11 Å². The molecule has 6 heteroatoms. The number of rotatable bonds is 6. The largest absolute Gasteiger partial charge is 0.507 e. The molecule has 1 aliphatic rings. The van der Waals surface area contributed by atoms with E-state index in [9.17, 15) is 15.0 Å². The molecule has 2 aromatic carbocycles. The van der Waals surface area contributed by atoms with Crippen LogP contribution in [0.4, 0.5) is 0 Å². The van der Waals surface area contributed by atoms with Crippen molar-refractivity contribution in [2.45, 2.75) is 57.5 Å². The van der Waals surface area contributed by atoms with Crippen LogP contribution in [0.1, 0.15) is 73.7 Å². The molecule has 1 atom stereocenters. The zero-order valence-electron chi connectivity index (χ0n) is 18.2. The summed E-state index contributed by atoms with van der Waals surface area (Å²) in [7, 11) is 1.59. The molecule has 0 aliphatic heterocycles. The molecular weight excluding hydrogens is 384 g/mol. The highest BCUT2D eigenvalue weighted by Crippen LogP contribution is 2.48. The first-order valence-electron chi connectivity index (χ1n) is 10.1. The smallest absolute Gasteiger partial charge is 0.339 e. The predicted molar refractivity (Wildman–Crippen MR) is 114 cm³/mol. The van der Waals surface area contributed by atoms with Gasteiger partial charge >= 0.3 is 5.97 Å². The number of hydrogen-bond acceptors (Lipinski definition) is 5. The number of carbonyl (C=O) groups is 1. The van der Waals surface area contributed by atoms with Gasteiger partial charge in [-0.25, -0.2) is 4.79 Å². The summed E-state index contributed by atoms with van der Waals surface area (Å²) in [6, 6.07) is 8.00. The standard InChI is InChI=1S/C24H30O6/c1-23(2)8-9-24(3,4)18-12-21(29-5)16(11-17(18)23)20(26)13-30-14-6-7-15(22(27)28)19(25)10-14/h6-7,10-12,20,25-26H,8-9,13H2,1-5H3,(H,27,28). The molecule has 0 radical (unpaired) electrons. The Kier molecular flexibility index (Phi) is 5.74. The summed E-state index contributed by atoms with van der Waals surface area (Å²) in [6.07, 6.45) is 1.18. The van der Waals surface area contributed by atoms with Gasteiger partial charge in [0.1, 0.15) is 35.5 Å². The second-order valence-corrected chi connectivity index (χ2v) is 9.22. The number of aliphatic hydroxyl groups excluding tert-OH is 1. The fourth-order valence-corrected chi connectivity index (χ4v) is 4.09. The van der Waals surface area contributed by atoms with Gasteiger partial charge in [-0.05, 0) is 59.1 Å². The van der Waals surface area contributed by atoms with Crippen LogP contribution >= 0.6 is 0 Å². The molecule has 3 rings (SSSR count). The van der Waals surface area contributed by atoms with E-state index >= 15 is 0 Å². The Labute approximate surface area is 177 Å². The third-order valence-electron chi connectivity index (χ3n) is 6.17. The normalized spacial score (nSPS) is 17.7. The van der Waals surface area contributed by atoms with E-state index in [-0.39, 0.29) is 34.5 Å². The Morgan fingerprint density at radius 1 is 1.07 bits per heavy atom. The molecule has 3 N–H and O–H groups in total. The minimum Gasteiger partial charge on any atom is -0.507 e. The average Bonchev–Trinajstić information content (AvgIpc) is 2.68. The number of aromatic carboxylic acids is 1. The minimum atomic E-state index is -1.22. The monoisotopic (exact) mass is 414 g/mol. The zero-order chi connectivity index (χ0) is 22.3. The van der Waals surface area contributed by atoms with Gasteiger partial charge in [-0.15, -0.1) is 0 Å². The van der Waals surface area contributed by atoms with Crippen LogP contribution in [0, 0.1) is 0 Å². The third-order valence-corrected chi connectivity index (χ3v) is 6.17. The number of carboxylic acids is 1. The molecule has 0 saturated carbocycles. The Hall–Kier alpha value is -2.73. The lowest BCUT2D eigenvalue weighted by Crippen LogP contribution is -2.34. The molecule has 1 unspecified atom stereocenters. The maximum Gasteiger partial charge on any atom is 0.339 e. The van der Waals surface area contributed by atoms with E-state index in [1.807, 2.05) is 12.1 Å². The van der Waals surface area contributed by atoms with E-state index in [0.717, 1.165) is 12.8 Å². The Morgan fingerprint density at radius 2 is 1.67 bits per heavy atom. The van der Waals surface area contributed by atoms with Crippen LogP contribution < -0.4 is 9.47 Å². The van der Waals surface area contributed by atoms with E-state index in [4.69, 9.17) is 14.6 Å². The van der Waals surface area contributed by atoms with Crippen LogP contribution in [0.15, 0.2) is 30.3 Å². The van der Waals surface area contributed by atoms with Crippen molar-refractivity contribution in [3.8, 4) is 17.2 Å². The summed E-state index contributed by atoms with van der Waals surface area (Å²) in [5.74, 6) is -0.720. The number of benzene rings is 2. The van der Waals surface area contributed by atoms with Crippen molar-refractivity contribution in [1.29, 1.82) is 0 Å². The molecule has 162 valence electrons. The molecule has 0 bridgehead atoms. The number of carboxylic acid groups (broad SMARTS) is 1. The number of hydrogen-bond donors (Lipinski definition) is 3. The lowest BCUT2D eigenvalue weighted by Gasteiger charge is -2.42. The molecule has 0 aromatic heterocycles. The van der Waals surface area contributed by atoms with E-state index in [2.05, 4.69) is 27.7 Å². The fourth-order valence-electron chi connectivity index (χ4n) is 4.09. The molecule has 30 heavy (non-hydrogen) atoms. The second kappa shape index (κ2) is 7.84. The van der Waals surface area contributed by atoms with Gasteiger partial charge in [-0.2, -0.15) is 0 Å². The van der Waals surface area contributed by atoms with Crippen molar-refractivity contribution in [2.24, 2.45) is 0 Å². The lowest BCUT2D eigenvalue weighted by molar-refractivity contribution is 0.0693. The SMILES string of the molecule is COc1cc2c(cc1C(O)COc1ccc(C(=O)O)c(O)c1)C(C)(C)CCC2(C)C. The van der Waals surface area contributed by atoms with Crippen molar-refractivity contribution in [3.63, 3.8) is 0 Å². The van der Waals surface area contributed by atoms with Crippen molar-refractivity contribution >= 4 is 5.97 Å².